The van der Waals surface area contributed by atoms with E-state index in [0.717, 1.165) is 49.6 Å². The summed E-state index contributed by atoms with van der Waals surface area (Å²) in [5.74, 6) is -3.27. The van der Waals surface area contributed by atoms with Crippen molar-refractivity contribution in [2.24, 2.45) is 0 Å². The van der Waals surface area contributed by atoms with E-state index < -0.39 is 93.4 Å². The molecule has 0 aromatic heterocycles. The van der Waals surface area contributed by atoms with Gasteiger partial charge >= 0.3 is 24.3 Å². The predicted octanol–water partition coefficient (Wildman–Crippen LogP) is 10.7. The summed E-state index contributed by atoms with van der Waals surface area (Å²) in [5.41, 5.74) is -11.0. The van der Waals surface area contributed by atoms with Crippen molar-refractivity contribution in [1.29, 1.82) is 0 Å². The summed E-state index contributed by atoms with van der Waals surface area (Å²) >= 11 is 0. The zero-order valence-electron chi connectivity index (χ0n) is 39.7. The molecule has 2 fully saturated rings. The quantitative estimate of drug-likeness (QED) is 0.0540. The van der Waals surface area contributed by atoms with Crippen LogP contribution in [0.1, 0.15) is 131 Å². The van der Waals surface area contributed by atoms with Crippen LogP contribution in [-0.2, 0) is 49.2 Å². The molecule has 8 atom stereocenters. The van der Waals surface area contributed by atoms with Crippen molar-refractivity contribution in [3.63, 3.8) is 0 Å². The SMILES string of the molecule is CO[C@@](C(=O)O[C@H](CC/C(C)=C/CC/C=C(\C)CC[C@@H](OC(=O)[C@](OC)(c1ccccc1)C(F)(F)F)[C@]1(C)CC[C@H](C(C)(C)O)O1)[C@]1(C)CC[C@H](C(C)(C)O)O1)(c1ccccc1)C(F)(F)F. The number of hydrogen-bond donors (Lipinski definition) is 2. The average molecular weight is 943 g/mol. The highest BCUT2D eigenvalue weighted by Gasteiger charge is 2.66. The number of carbonyl (C=O) groups excluding carboxylic acids is 2. The molecule has 0 aliphatic carbocycles. The van der Waals surface area contributed by atoms with Crippen LogP contribution in [0.3, 0.4) is 0 Å². The van der Waals surface area contributed by atoms with Crippen LogP contribution < -0.4 is 0 Å². The fraction of sp³-hybridized carbons (Fsp3) is 0.640. The molecule has 0 radical (unpaired) electrons. The molecular formula is C50H68F6O10. The van der Waals surface area contributed by atoms with Crippen molar-refractivity contribution >= 4 is 11.9 Å². The molecule has 0 amide bonds. The number of allylic oxidation sites excluding steroid dienone is 4. The molecule has 0 saturated carbocycles. The van der Waals surface area contributed by atoms with Gasteiger partial charge in [-0.3, -0.25) is 0 Å². The summed E-state index contributed by atoms with van der Waals surface area (Å²) in [6.07, 6.45) is -6.78. The summed E-state index contributed by atoms with van der Waals surface area (Å²) in [5, 5.41) is 21.4. The molecule has 16 heteroatoms. The number of unbranched alkanes of at least 4 members (excludes halogenated alkanes) is 1. The highest BCUT2D eigenvalue weighted by atomic mass is 19.4. The fourth-order valence-electron chi connectivity index (χ4n) is 8.95. The molecule has 2 aromatic carbocycles. The van der Waals surface area contributed by atoms with Crippen LogP contribution >= 0.6 is 0 Å². The lowest BCUT2D eigenvalue weighted by Crippen LogP contribution is -2.55. The minimum Gasteiger partial charge on any atom is -0.457 e. The van der Waals surface area contributed by atoms with Crippen molar-refractivity contribution < 1.29 is 74.6 Å². The molecule has 0 unspecified atom stereocenters. The van der Waals surface area contributed by atoms with E-state index in [0.29, 0.717) is 51.4 Å². The first-order valence-electron chi connectivity index (χ1n) is 22.4. The molecule has 66 heavy (non-hydrogen) atoms. The van der Waals surface area contributed by atoms with E-state index in [-0.39, 0.29) is 12.8 Å². The Balaban J connectivity index is 1.49. The maximum absolute atomic E-state index is 14.8. The van der Waals surface area contributed by atoms with E-state index in [9.17, 15) is 46.1 Å². The van der Waals surface area contributed by atoms with Gasteiger partial charge in [0.05, 0.1) is 23.4 Å². The van der Waals surface area contributed by atoms with E-state index in [4.69, 9.17) is 28.4 Å². The minimum absolute atomic E-state index is 0.0999. The first-order valence-corrected chi connectivity index (χ1v) is 22.4. The van der Waals surface area contributed by atoms with Gasteiger partial charge in [-0.1, -0.05) is 84.0 Å². The Bertz CT molecular complexity index is 1830. The lowest BCUT2D eigenvalue weighted by Gasteiger charge is -2.39. The second-order valence-electron chi connectivity index (χ2n) is 19.3. The monoisotopic (exact) mass is 942 g/mol. The van der Waals surface area contributed by atoms with E-state index in [1.807, 2.05) is 26.0 Å². The Kier molecular flexibility index (Phi) is 17.6. The van der Waals surface area contributed by atoms with Gasteiger partial charge in [-0.15, -0.1) is 0 Å². The normalized spacial score (nSPS) is 25.2. The molecule has 2 aliphatic rings. The molecule has 2 saturated heterocycles. The second kappa shape index (κ2) is 21.2. The van der Waals surface area contributed by atoms with Gasteiger partial charge in [0.25, 0.3) is 11.2 Å². The summed E-state index contributed by atoms with van der Waals surface area (Å²) in [6.45, 7) is 13.3. The van der Waals surface area contributed by atoms with Gasteiger partial charge in [-0.05, 0) is 120 Å². The van der Waals surface area contributed by atoms with Crippen molar-refractivity contribution in [2.75, 3.05) is 14.2 Å². The summed E-state index contributed by atoms with van der Waals surface area (Å²) in [4.78, 5) is 27.6. The topological polar surface area (TPSA) is 130 Å². The summed E-state index contributed by atoms with van der Waals surface area (Å²) in [7, 11) is 1.61. The zero-order valence-corrected chi connectivity index (χ0v) is 39.7. The number of halogens is 6. The predicted molar refractivity (Wildman–Crippen MR) is 235 cm³/mol. The average Bonchev–Trinajstić information content (AvgIpc) is 3.85. The van der Waals surface area contributed by atoms with E-state index in [2.05, 4.69) is 0 Å². The van der Waals surface area contributed by atoms with Crippen LogP contribution in [0.2, 0.25) is 0 Å². The standard InChI is InChI=1S/C50H68F6O10/c1-33(25-27-39(45(7)31-29-37(65-45)43(3,4)59)63-41(57)47(61-9,49(51,52)53)35-21-13-11-14-22-35)19-17-18-20-34(2)26-28-40(46(8)32-30-38(66-46)44(5,6)60)64-42(58)48(62-10,50(54,55)56)36-23-15-12-16-24-36/h11-16,19-24,37-40,59-60H,17-18,25-32H2,1-10H3/b33-19+,34-20+/t37-,38-,39-,40-,45+,46+,47-,48-/m1/s1. The van der Waals surface area contributed by atoms with Crippen molar-refractivity contribution in [3.05, 3.63) is 95.1 Å². The zero-order chi connectivity index (χ0) is 49.6. The third-order valence-corrected chi connectivity index (χ3v) is 13.2. The highest BCUT2D eigenvalue weighted by molar-refractivity contribution is 5.83. The molecule has 10 nitrogen and oxygen atoms in total. The first-order chi connectivity index (χ1) is 30.5. The Morgan fingerprint density at radius 2 is 0.970 bits per heavy atom. The number of aliphatic hydroxyl groups is 2. The minimum atomic E-state index is -5.18. The van der Waals surface area contributed by atoms with E-state index in [1.54, 1.807) is 41.5 Å². The van der Waals surface area contributed by atoms with Crippen molar-refractivity contribution in [3.8, 4) is 0 Å². The number of carbonyl (C=O) groups is 2. The number of ether oxygens (including phenoxy) is 6. The summed E-state index contributed by atoms with van der Waals surface area (Å²) < 4.78 is 123. The van der Waals surface area contributed by atoms with Gasteiger partial charge in [0.2, 0.25) is 0 Å². The number of methoxy groups -OCH3 is 2. The van der Waals surface area contributed by atoms with Crippen LogP contribution in [0.4, 0.5) is 26.3 Å². The number of hydrogen-bond acceptors (Lipinski definition) is 10. The third-order valence-electron chi connectivity index (χ3n) is 13.2. The smallest absolute Gasteiger partial charge is 0.432 e. The number of alkyl halides is 6. The van der Waals surface area contributed by atoms with E-state index >= 15 is 0 Å². The van der Waals surface area contributed by atoms with Gasteiger partial charge in [-0.25, -0.2) is 9.59 Å². The van der Waals surface area contributed by atoms with Gasteiger partial charge in [0, 0.05) is 25.3 Å². The van der Waals surface area contributed by atoms with Crippen molar-refractivity contribution in [2.45, 2.75) is 190 Å². The van der Waals surface area contributed by atoms with Gasteiger partial charge < -0.3 is 38.6 Å². The molecule has 0 bridgehead atoms. The van der Waals surface area contributed by atoms with Gasteiger partial charge in [-0.2, -0.15) is 26.3 Å². The van der Waals surface area contributed by atoms with E-state index in [1.165, 1.54) is 36.4 Å². The van der Waals surface area contributed by atoms with Crippen LogP contribution in [0.15, 0.2) is 84.0 Å². The Morgan fingerprint density at radius 1 is 0.652 bits per heavy atom. The van der Waals surface area contributed by atoms with Crippen LogP contribution in [-0.4, -0.2) is 95.5 Å². The largest absolute Gasteiger partial charge is 0.457 e. The Labute approximate surface area is 385 Å². The van der Waals surface area contributed by atoms with Crippen LogP contribution in [0, 0.1) is 0 Å². The number of benzene rings is 2. The van der Waals surface area contributed by atoms with Crippen molar-refractivity contribution in [1.82, 2.24) is 0 Å². The number of esters is 2. The molecule has 0 spiro atoms. The number of rotatable bonds is 21. The second-order valence-corrected chi connectivity index (χ2v) is 19.3. The maximum Gasteiger partial charge on any atom is 0.432 e. The first kappa shape index (κ1) is 54.8. The lowest BCUT2D eigenvalue weighted by atomic mass is 9.88. The van der Waals surface area contributed by atoms with Gasteiger partial charge in [0.15, 0.2) is 0 Å². The molecular weight excluding hydrogens is 875 g/mol. The molecule has 370 valence electrons. The fourth-order valence-corrected chi connectivity index (χ4v) is 8.95. The molecule has 2 aromatic rings. The van der Waals surface area contributed by atoms with Gasteiger partial charge in [0.1, 0.15) is 23.4 Å². The highest BCUT2D eigenvalue weighted by Crippen LogP contribution is 2.48. The molecule has 2 aliphatic heterocycles. The summed E-state index contributed by atoms with van der Waals surface area (Å²) in [6, 6.07) is 13.1. The Hall–Kier alpha value is -3.80. The van der Waals surface area contributed by atoms with Crippen LogP contribution in [0.5, 0.6) is 0 Å². The third kappa shape index (κ3) is 12.3. The maximum atomic E-state index is 14.8. The van der Waals surface area contributed by atoms with Crippen LogP contribution in [0.25, 0.3) is 0 Å². The molecule has 4 rings (SSSR count). The molecule has 2 N–H and O–H groups in total. The lowest BCUT2D eigenvalue weighted by molar-refractivity contribution is -0.282. The Morgan fingerprint density at radius 3 is 1.23 bits per heavy atom. The molecule has 2 heterocycles.